The predicted molar refractivity (Wildman–Crippen MR) is 177 cm³/mol. The van der Waals surface area contributed by atoms with E-state index in [0.717, 1.165) is 33.3 Å². The molecule has 0 saturated carbocycles. The van der Waals surface area contributed by atoms with Crippen molar-refractivity contribution in [2.24, 2.45) is 0 Å². The van der Waals surface area contributed by atoms with E-state index in [2.05, 4.69) is 0 Å². The fraction of sp³-hybridized carbons (Fsp3) is 0.297. The molecule has 15 heteroatoms. The molecular weight excluding hydrogens is 684 g/mol. The highest BCUT2D eigenvalue weighted by molar-refractivity contribution is 5.93. The largest absolute Gasteiger partial charge is 0.489 e. The zero-order chi connectivity index (χ0) is 37.4. The van der Waals surface area contributed by atoms with Crippen LogP contribution >= 0.6 is 0 Å². The first-order valence-electron chi connectivity index (χ1n) is 15.9. The van der Waals surface area contributed by atoms with Gasteiger partial charge in [0.2, 0.25) is 12.4 Å². The first kappa shape index (κ1) is 37.0. The molecule has 0 unspecified atom stereocenters. The third-order valence-electron chi connectivity index (χ3n) is 7.43. The second-order valence-corrected chi connectivity index (χ2v) is 11.4. The molecule has 0 amide bonds. The van der Waals surface area contributed by atoms with Gasteiger partial charge in [-0.15, -0.1) is 0 Å². The Hall–Kier alpha value is -6.22. The summed E-state index contributed by atoms with van der Waals surface area (Å²) in [6, 6.07) is 21.5. The van der Waals surface area contributed by atoms with Crippen LogP contribution in [0.3, 0.4) is 0 Å². The Morgan fingerprint density at radius 1 is 0.692 bits per heavy atom. The summed E-state index contributed by atoms with van der Waals surface area (Å²) in [5.74, 6) is -5.02. The maximum Gasteiger partial charge on any atom is 0.383 e. The van der Waals surface area contributed by atoms with Crippen LogP contribution in [-0.4, -0.2) is 67.2 Å². The molecule has 0 aliphatic carbocycles. The van der Waals surface area contributed by atoms with E-state index >= 15 is 0 Å². The number of esters is 5. The number of ether oxygens (including phenoxy) is 8. The van der Waals surface area contributed by atoms with Crippen LogP contribution in [0.1, 0.15) is 43.6 Å². The van der Waals surface area contributed by atoms with Crippen molar-refractivity contribution < 1.29 is 66.3 Å². The SMILES string of the molecule is CC(=O)OC[C@H]1O[C@H](Oc2c(OC(=O)c3ccccc3)c(=O)oc3cc(OCc4ccccc4)ccc23)[C@@H](OC(C)=O)[C@@H](OC(C)=O)[C@@H]1OC(C)=O. The van der Waals surface area contributed by atoms with Gasteiger partial charge in [-0.3, -0.25) is 19.2 Å². The van der Waals surface area contributed by atoms with Crippen LogP contribution in [0.15, 0.2) is 88.1 Å². The second kappa shape index (κ2) is 16.7. The van der Waals surface area contributed by atoms with E-state index < -0.39 is 84.3 Å². The van der Waals surface area contributed by atoms with Crippen molar-refractivity contribution in [2.45, 2.75) is 65.0 Å². The van der Waals surface area contributed by atoms with Crippen LogP contribution in [-0.2, 0) is 49.5 Å². The molecule has 272 valence electrons. The normalized spacial score (nSPS) is 19.5. The van der Waals surface area contributed by atoms with Crippen molar-refractivity contribution in [3.8, 4) is 17.2 Å². The van der Waals surface area contributed by atoms with Crippen LogP contribution in [0.25, 0.3) is 11.0 Å². The molecule has 0 N–H and O–H groups in total. The Morgan fingerprint density at radius 3 is 1.94 bits per heavy atom. The Labute approximate surface area is 296 Å². The van der Waals surface area contributed by atoms with Gasteiger partial charge in [0.15, 0.2) is 18.0 Å². The lowest BCUT2D eigenvalue weighted by molar-refractivity contribution is -0.288. The van der Waals surface area contributed by atoms with Gasteiger partial charge in [0.25, 0.3) is 5.75 Å². The van der Waals surface area contributed by atoms with E-state index in [-0.39, 0.29) is 23.1 Å². The second-order valence-electron chi connectivity index (χ2n) is 11.4. The highest BCUT2D eigenvalue weighted by Gasteiger charge is 2.53. The lowest BCUT2D eigenvalue weighted by Gasteiger charge is -2.44. The van der Waals surface area contributed by atoms with Gasteiger partial charge >= 0.3 is 35.5 Å². The van der Waals surface area contributed by atoms with Crippen LogP contribution < -0.4 is 19.8 Å². The fourth-order valence-electron chi connectivity index (χ4n) is 5.30. The standard InChI is InChI=1S/C37H34O15/c1-20(38)44-19-29-31(46-21(2)39)32(47-22(3)40)34(48-23(4)41)37(50-29)52-30-27-16-15-26(45-18-24-11-7-5-8-12-24)17-28(27)49-36(43)33(30)51-35(42)25-13-9-6-10-14-25/h5-17,29,31-32,34,37H,18-19H2,1-4H3/t29-,31-,32+,34+,37-/m1/s1. The smallest absolute Gasteiger partial charge is 0.383 e. The average Bonchev–Trinajstić information content (AvgIpc) is 3.10. The molecule has 52 heavy (non-hydrogen) atoms. The summed E-state index contributed by atoms with van der Waals surface area (Å²) in [5.41, 5.74) is -0.238. The number of rotatable bonds is 12. The van der Waals surface area contributed by atoms with E-state index in [4.69, 9.17) is 42.3 Å². The fourth-order valence-corrected chi connectivity index (χ4v) is 5.30. The molecule has 4 aromatic rings. The molecule has 15 nitrogen and oxygen atoms in total. The van der Waals surface area contributed by atoms with Crippen LogP contribution in [0.5, 0.6) is 17.2 Å². The number of hydrogen-bond donors (Lipinski definition) is 0. The number of carbonyl (C=O) groups excluding carboxylic acids is 5. The highest BCUT2D eigenvalue weighted by atomic mass is 16.7. The molecule has 1 aliphatic rings. The molecule has 1 fully saturated rings. The zero-order valence-corrected chi connectivity index (χ0v) is 28.4. The Balaban J connectivity index is 1.62. The van der Waals surface area contributed by atoms with E-state index in [1.807, 2.05) is 30.3 Å². The summed E-state index contributed by atoms with van der Waals surface area (Å²) >= 11 is 0. The van der Waals surface area contributed by atoms with Gasteiger partial charge < -0.3 is 42.3 Å². The van der Waals surface area contributed by atoms with E-state index in [1.54, 1.807) is 24.3 Å². The van der Waals surface area contributed by atoms with Crippen molar-refractivity contribution in [3.05, 3.63) is 100 Å². The van der Waals surface area contributed by atoms with Gasteiger partial charge in [-0.25, -0.2) is 9.59 Å². The first-order valence-corrected chi connectivity index (χ1v) is 15.9. The molecule has 3 aromatic carbocycles. The molecule has 1 aromatic heterocycles. The number of carbonyl (C=O) groups is 5. The molecule has 1 saturated heterocycles. The minimum atomic E-state index is -1.77. The molecule has 5 atom stereocenters. The molecule has 2 heterocycles. The Morgan fingerprint density at radius 2 is 1.31 bits per heavy atom. The van der Waals surface area contributed by atoms with E-state index in [1.165, 1.54) is 24.3 Å². The Kier molecular flexibility index (Phi) is 11.9. The van der Waals surface area contributed by atoms with Gasteiger partial charge in [-0.05, 0) is 29.8 Å². The van der Waals surface area contributed by atoms with E-state index in [0.29, 0.717) is 5.75 Å². The average molecular weight is 719 g/mol. The topological polar surface area (TPSA) is 189 Å². The van der Waals surface area contributed by atoms with Crippen molar-refractivity contribution in [1.29, 1.82) is 0 Å². The third-order valence-corrected chi connectivity index (χ3v) is 7.43. The first-order chi connectivity index (χ1) is 24.9. The number of benzene rings is 3. The van der Waals surface area contributed by atoms with Gasteiger partial charge in [-0.1, -0.05) is 48.5 Å². The molecule has 0 radical (unpaired) electrons. The third kappa shape index (κ3) is 9.31. The lowest BCUT2D eigenvalue weighted by Crippen LogP contribution is -2.63. The molecular formula is C37H34O15. The summed E-state index contributed by atoms with van der Waals surface area (Å²) in [5, 5.41) is 0.0791. The van der Waals surface area contributed by atoms with Crippen molar-refractivity contribution in [2.75, 3.05) is 6.61 Å². The Bertz CT molecular complexity index is 1990. The summed E-state index contributed by atoms with van der Waals surface area (Å²) in [6.45, 7) is 3.99. The quantitative estimate of drug-likeness (QED) is 0.116. The van der Waals surface area contributed by atoms with Gasteiger partial charge in [0, 0.05) is 33.8 Å². The lowest BCUT2D eigenvalue weighted by atomic mass is 9.98. The minimum absolute atomic E-state index is 0.0595. The van der Waals surface area contributed by atoms with Crippen LogP contribution in [0, 0.1) is 0 Å². The maximum atomic E-state index is 13.6. The minimum Gasteiger partial charge on any atom is -0.489 e. The van der Waals surface area contributed by atoms with Gasteiger partial charge in [0.1, 0.15) is 30.7 Å². The summed E-state index contributed by atoms with van der Waals surface area (Å²) in [4.78, 5) is 75.5. The van der Waals surface area contributed by atoms with Crippen molar-refractivity contribution in [3.63, 3.8) is 0 Å². The zero-order valence-electron chi connectivity index (χ0n) is 28.4. The summed E-state index contributed by atoms with van der Waals surface area (Å²) in [6.07, 6.45) is -7.85. The summed E-state index contributed by atoms with van der Waals surface area (Å²) < 4.78 is 50.9. The molecule has 1 aliphatic heterocycles. The number of hydrogen-bond acceptors (Lipinski definition) is 15. The number of fused-ring (bicyclic) bond motifs is 1. The van der Waals surface area contributed by atoms with E-state index in [9.17, 15) is 28.8 Å². The summed E-state index contributed by atoms with van der Waals surface area (Å²) in [7, 11) is 0. The van der Waals surface area contributed by atoms with Crippen LogP contribution in [0.4, 0.5) is 0 Å². The van der Waals surface area contributed by atoms with Crippen molar-refractivity contribution >= 4 is 40.8 Å². The van der Waals surface area contributed by atoms with Crippen LogP contribution in [0.2, 0.25) is 0 Å². The molecule has 0 bridgehead atoms. The molecule has 0 spiro atoms. The van der Waals surface area contributed by atoms with Gasteiger partial charge in [0.05, 0.1) is 10.9 Å². The maximum absolute atomic E-state index is 13.6. The monoisotopic (exact) mass is 718 g/mol. The molecule has 5 rings (SSSR count). The van der Waals surface area contributed by atoms with Gasteiger partial charge in [-0.2, -0.15) is 0 Å². The van der Waals surface area contributed by atoms with Crippen molar-refractivity contribution in [1.82, 2.24) is 0 Å². The predicted octanol–water partition coefficient (Wildman–Crippen LogP) is 4.05. The highest BCUT2D eigenvalue weighted by Crippen LogP contribution is 2.39.